The van der Waals surface area contributed by atoms with Gasteiger partial charge in [0.05, 0.1) is 19.0 Å². The van der Waals surface area contributed by atoms with E-state index >= 15 is 0 Å². The van der Waals surface area contributed by atoms with Crippen LogP contribution in [0, 0.1) is 6.92 Å². The van der Waals surface area contributed by atoms with E-state index in [-0.39, 0.29) is 6.67 Å². The third-order valence-electron chi connectivity index (χ3n) is 2.28. The predicted octanol–water partition coefficient (Wildman–Crippen LogP) is 2.63. The molecule has 1 aromatic heterocycles. The first-order chi connectivity index (χ1) is 8.13. The van der Waals surface area contributed by atoms with Crippen LogP contribution >= 0.6 is 0 Å². The molecule has 0 fully saturated rings. The standard InChI is InChI=1S/C13H21FN2O/c1-10(2)15-9-12-13(17-8-4-7-14)6-5-11(3)16-12/h5-6,10,15H,4,7-9H2,1-3H3. The second-order valence-electron chi connectivity index (χ2n) is 4.32. The number of halogens is 1. The number of nitrogens with zero attached hydrogens (tertiary/aromatic N) is 1. The number of aryl methyl sites for hydroxylation is 1. The number of nitrogens with one attached hydrogen (secondary N) is 1. The van der Waals surface area contributed by atoms with E-state index in [1.54, 1.807) is 0 Å². The fourth-order valence-corrected chi connectivity index (χ4v) is 1.39. The molecule has 96 valence electrons. The molecular formula is C13H21FN2O. The molecule has 0 saturated heterocycles. The number of ether oxygens (including phenoxy) is 1. The maximum atomic E-state index is 12.0. The molecule has 0 spiro atoms. The average Bonchev–Trinajstić information content (AvgIpc) is 2.29. The highest BCUT2D eigenvalue weighted by Crippen LogP contribution is 2.17. The summed E-state index contributed by atoms with van der Waals surface area (Å²) < 4.78 is 17.5. The second kappa shape index (κ2) is 7.22. The number of aromatic nitrogens is 1. The minimum atomic E-state index is -0.348. The van der Waals surface area contributed by atoms with Gasteiger partial charge in [0.15, 0.2) is 0 Å². The molecule has 0 aliphatic carbocycles. The van der Waals surface area contributed by atoms with Crippen LogP contribution < -0.4 is 10.1 Å². The summed E-state index contributed by atoms with van der Waals surface area (Å²) in [5.41, 5.74) is 1.85. The third kappa shape index (κ3) is 5.13. The van der Waals surface area contributed by atoms with E-state index in [4.69, 9.17) is 4.74 Å². The molecule has 1 rings (SSSR count). The van der Waals surface area contributed by atoms with Crippen LogP contribution in [0.3, 0.4) is 0 Å². The summed E-state index contributed by atoms with van der Waals surface area (Å²) in [6.45, 7) is 6.84. The lowest BCUT2D eigenvalue weighted by atomic mass is 10.2. The quantitative estimate of drug-likeness (QED) is 0.744. The number of pyridine rings is 1. The molecule has 1 N–H and O–H groups in total. The highest BCUT2D eigenvalue weighted by atomic mass is 19.1. The summed E-state index contributed by atoms with van der Waals surface area (Å²) in [5.74, 6) is 0.747. The summed E-state index contributed by atoms with van der Waals surface area (Å²) in [4.78, 5) is 4.44. The molecule has 0 aliphatic rings. The van der Waals surface area contributed by atoms with Crippen LogP contribution in [0.1, 0.15) is 31.7 Å². The van der Waals surface area contributed by atoms with E-state index < -0.39 is 0 Å². The van der Waals surface area contributed by atoms with Gasteiger partial charge in [-0.15, -0.1) is 0 Å². The van der Waals surface area contributed by atoms with Crippen molar-refractivity contribution in [1.29, 1.82) is 0 Å². The Morgan fingerprint density at radius 3 is 2.82 bits per heavy atom. The number of alkyl halides is 1. The Labute approximate surface area is 102 Å². The van der Waals surface area contributed by atoms with Gasteiger partial charge < -0.3 is 10.1 Å². The lowest BCUT2D eigenvalue weighted by molar-refractivity contribution is 0.285. The first-order valence-electron chi connectivity index (χ1n) is 6.02. The molecule has 0 atom stereocenters. The van der Waals surface area contributed by atoms with Crippen molar-refractivity contribution in [3.8, 4) is 5.75 Å². The average molecular weight is 240 g/mol. The molecule has 0 amide bonds. The molecule has 3 nitrogen and oxygen atoms in total. The van der Waals surface area contributed by atoms with Crippen LogP contribution in [0.2, 0.25) is 0 Å². The van der Waals surface area contributed by atoms with Crippen molar-refractivity contribution in [2.24, 2.45) is 0 Å². The minimum Gasteiger partial charge on any atom is -0.492 e. The van der Waals surface area contributed by atoms with Gasteiger partial charge in [-0.3, -0.25) is 9.37 Å². The van der Waals surface area contributed by atoms with Crippen molar-refractivity contribution in [3.05, 3.63) is 23.5 Å². The number of hydrogen-bond acceptors (Lipinski definition) is 3. The van der Waals surface area contributed by atoms with Crippen LogP contribution in [0.15, 0.2) is 12.1 Å². The molecule has 1 heterocycles. The van der Waals surface area contributed by atoms with Gasteiger partial charge in [-0.05, 0) is 19.1 Å². The summed E-state index contributed by atoms with van der Waals surface area (Å²) in [7, 11) is 0. The lowest BCUT2D eigenvalue weighted by Gasteiger charge is -2.13. The fourth-order valence-electron chi connectivity index (χ4n) is 1.39. The Bertz CT molecular complexity index is 342. The van der Waals surface area contributed by atoms with E-state index in [0.717, 1.165) is 17.1 Å². The van der Waals surface area contributed by atoms with Crippen molar-refractivity contribution < 1.29 is 9.13 Å². The largest absolute Gasteiger partial charge is 0.492 e. The van der Waals surface area contributed by atoms with Crippen molar-refractivity contribution in [2.45, 2.75) is 39.8 Å². The summed E-state index contributed by atoms with van der Waals surface area (Å²) in [6.07, 6.45) is 0.422. The molecule has 0 saturated carbocycles. The van der Waals surface area contributed by atoms with Gasteiger partial charge in [-0.2, -0.15) is 0 Å². The smallest absolute Gasteiger partial charge is 0.142 e. The highest BCUT2D eigenvalue weighted by molar-refractivity contribution is 5.29. The van der Waals surface area contributed by atoms with E-state index in [2.05, 4.69) is 24.1 Å². The molecule has 0 aliphatic heterocycles. The Balaban J connectivity index is 2.66. The zero-order valence-corrected chi connectivity index (χ0v) is 10.8. The Hall–Kier alpha value is -1.16. The van der Waals surface area contributed by atoms with Gasteiger partial charge in [-0.1, -0.05) is 13.8 Å². The van der Waals surface area contributed by atoms with Gasteiger partial charge in [0.25, 0.3) is 0 Å². The van der Waals surface area contributed by atoms with Crippen molar-refractivity contribution in [2.75, 3.05) is 13.3 Å². The maximum absolute atomic E-state index is 12.0. The van der Waals surface area contributed by atoms with E-state index in [9.17, 15) is 4.39 Å². The first kappa shape index (κ1) is 13.9. The topological polar surface area (TPSA) is 34.1 Å². The number of rotatable bonds is 7. The van der Waals surface area contributed by atoms with Gasteiger partial charge in [0.1, 0.15) is 5.75 Å². The number of hydrogen-bond donors (Lipinski definition) is 1. The van der Waals surface area contributed by atoms with Crippen LogP contribution in [0.25, 0.3) is 0 Å². The molecule has 0 unspecified atom stereocenters. The van der Waals surface area contributed by atoms with E-state index in [1.807, 2.05) is 19.1 Å². The van der Waals surface area contributed by atoms with Crippen molar-refractivity contribution in [1.82, 2.24) is 10.3 Å². The van der Waals surface area contributed by atoms with Gasteiger partial charge >= 0.3 is 0 Å². The zero-order chi connectivity index (χ0) is 12.7. The van der Waals surface area contributed by atoms with Crippen molar-refractivity contribution >= 4 is 0 Å². The molecule has 0 radical (unpaired) electrons. The van der Waals surface area contributed by atoms with Gasteiger partial charge in [0.2, 0.25) is 0 Å². The molecule has 1 aromatic rings. The van der Waals surface area contributed by atoms with Gasteiger partial charge in [0, 0.05) is 24.7 Å². The minimum absolute atomic E-state index is 0.348. The third-order valence-corrected chi connectivity index (χ3v) is 2.28. The van der Waals surface area contributed by atoms with Crippen LogP contribution in [-0.2, 0) is 6.54 Å². The van der Waals surface area contributed by atoms with E-state index in [1.165, 1.54) is 0 Å². The van der Waals surface area contributed by atoms with Crippen LogP contribution in [-0.4, -0.2) is 24.3 Å². The van der Waals surface area contributed by atoms with E-state index in [0.29, 0.717) is 25.6 Å². The van der Waals surface area contributed by atoms with Crippen LogP contribution in [0.5, 0.6) is 5.75 Å². The SMILES string of the molecule is Cc1ccc(OCCCF)c(CNC(C)C)n1. The molecular weight excluding hydrogens is 219 g/mol. The first-order valence-corrected chi connectivity index (χ1v) is 6.02. The predicted molar refractivity (Wildman–Crippen MR) is 67.0 cm³/mol. The summed E-state index contributed by atoms with van der Waals surface area (Å²) in [6, 6.07) is 4.21. The van der Waals surface area contributed by atoms with Gasteiger partial charge in [-0.25, -0.2) is 0 Å². The maximum Gasteiger partial charge on any atom is 0.142 e. The van der Waals surface area contributed by atoms with Crippen LogP contribution in [0.4, 0.5) is 4.39 Å². The molecule has 0 aromatic carbocycles. The van der Waals surface area contributed by atoms with Crippen molar-refractivity contribution in [3.63, 3.8) is 0 Å². The highest BCUT2D eigenvalue weighted by Gasteiger charge is 2.06. The zero-order valence-electron chi connectivity index (χ0n) is 10.8. The molecule has 4 heteroatoms. The molecule has 0 bridgehead atoms. The normalized spacial score (nSPS) is 10.9. The lowest BCUT2D eigenvalue weighted by Crippen LogP contribution is -2.23. The monoisotopic (exact) mass is 240 g/mol. The molecule has 17 heavy (non-hydrogen) atoms. The second-order valence-corrected chi connectivity index (χ2v) is 4.32. The Morgan fingerprint density at radius 2 is 2.18 bits per heavy atom. The Kier molecular flexibility index (Phi) is 5.91. The summed E-state index contributed by atoms with van der Waals surface area (Å²) >= 11 is 0. The fraction of sp³-hybridized carbons (Fsp3) is 0.615. The summed E-state index contributed by atoms with van der Waals surface area (Å²) in [5, 5.41) is 3.30. The Morgan fingerprint density at radius 1 is 1.41 bits per heavy atom.